The highest BCUT2D eigenvalue weighted by Gasteiger charge is 2.05. The van der Waals surface area contributed by atoms with E-state index in [1.807, 2.05) is 12.1 Å². The fourth-order valence-electron chi connectivity index (χ4n) is 1.62. The highest BCUT2D eigenvalue weighted by molar-refractivity contribution is 6.33. The summed E-state index contributed by atoms with van der Waals surface area (Å²) in [6.07, 6.45) is 0. The lowest BCUT2D eigenvalue weighted by Gasteiger charge is -2.16. The predicted octanol–water partition coefficient (Wildman–Crippen LogP) is 3.72. The first-order valence-corrected chi connectivity index (χ1v) is 7.12. The average molecular weight is 289 g/mol. The molecule has 0 spiro atoms. The third-order valence-electron chi connectivity index (χ3n) is 2.65. The van der Waals surface area contributed by atoms with Gasteiger partial charge in [-0.15, -0.1) is 0 Å². The van der Waals surface area contributed by atoms with Crippen molar-refractivity contribution in [3.05, 3.63) is 33.8 Å². The molecule has 0 radical (unpaired) electrons. The molecule has 0 aliphatic rings. The van der Waals surface area contributed by atoms with Crippen LogP contribution >= 0.6 is 23.2 Å². The topological polar surface area (TPSA) is 24.1 Å². The van der Waals surface area contributed by atoms with E-state index in [1.165, 1.54) is 0 Å². The van der Waals surface area contributed by atoms with Gasteiger partial charge in [0, 0.05) is 29.2 Å². The Bertz CT molecular complexity index is 367. The van der Waals surface area contributed by atoms with Crippen molar-refractivity contribution in [2.45, 2.75) is 33.4 Å². The van der Waals surface area contributed by atoms with E-state index in [1.54, 1.807) is 6.07 Å². The first kappa shape index (κ1) is 15.8. The van der Waals surface area contributed by atoms with Crippen LogP contribution in [-0.4, -0.2) is 19.1 Å². The molecule has 102 valence electrons. The monoisotopic (exact) mass is 288 g/mol. The molecular weight excluding hydrogens is 267 g/mol. The maximum Gasteiger partial charge on any atom is 0.0451 e. The highest BCUT2D eigenvalue weighted by atomic mass is 35.5. The Hall–Kier alpha value is -0.280. The van der Waals surface area contributed by atoms with Gasteiger partial charge in [-0.25, -0.2) is 0 Å². The van der Waals surface area contributed by atoms with E-state index >= 15 is 0 Å². The Morgan fingerprint density at radius 1 is 1.11 bits per heavy atom. The van der Waals surface area contributed by atoms with Gasteiger partial charge in [-0.3, -0.25) is 0 Å². The van der Waals surface area contributed by atoms with Crippen molar-refractivity contribution in [1.82, 2.24) is 10.6 Å². The van der Waals surface area contributed by atoms with E-state index in [4.69, 9.17) is 23.2 Å². The molecule has 0 aliphatic carbocycles. The van der Waals surface area contributed by atoms with E-state index < -0.39 is 0 Å². The molecule has 2 nitrogen and oxygen atoms in total. The second kappa shape index (κ2) is 8.00. The third-order valence-corrected chi connectivity index (χ3v) is 3.26. The Morgan fingerprint density at radius 2 is 1.83 bits per heavy atom. The fourth-order valence-corrected chi connectivity index (χ4v) is 2.00. The van der Waals surface area contributed by atoms with Crippen LogP contribution in [0.25, 0.3) is 0 Å². The van der Waals surface area contributed by atoms with Gasteiger partial charge in [-0.05, 0) is 43.1 Å². The van der Waals surface area contributed by atoms with E-state index in [2.05, 4.69) is 31.4 Å². The number of halogens is 2. The molecule has 2 N–H and O–H groups in total. The molecule has 0 bridgehead atoms. The highest BCUT2D eigenvalue weighted by Crippen LogP contribution is 2.20. The molecule has 0 heterocycles. The maximum absolute atomic E-state index is 6.11. The van der Waals surface area contributed by atoms with Crippen LogP contribution in [0.15, 0.2) is 18.2 Å². The summed E-state index contributed by atoms with van der Waals surface area (Å²) in [5.41, 5.74) is 1.04. The van der Waals surface area contributed by atoms with Crippen LogP contribution < -0.4 is 10.6 Å². The van der Waals surface area contributed by atoms with Crippen LogP contribution in [0.4, 0.5) is 0 Å². The average Bonchev–Trinajstić information content (AvgIpc) is 2.30. The van der Waals surface area contributed by atoms with Crippen LogP contribution in [0.2, 0.25) is 10.0 Å². The lowest BCUT2D eigenvalue weighted by atomic mass is 10.2. The third kappa shape index (κ3) is 6.05. The minimum Gasteiger partial charge on any atom is -0.315 e. The van der Waals surface area contributed by atoms with Crippen molar-refractivity contribution in [2.24, 2.45) is 5.92 Å². The van der Waals surface area contributed by atoms with Crippen molar-refractivity contribution in [3.63, 3.8) is 0 Å². The molecule has 1 rings (SSSR count). The largest absolute Gasteiger partial charge is 0.315 e. The molecule has 0 saturated carbocycles. The van der Waals surface area contributed by atoms with E-state index in [0.29, 0.717) is 12.0 Å². The van der Waals surface area contributed by atoms with E-state index in [9.17, 15) is 0 Å². The van der Waals surface area contributed by atoms with Gasteiger partial charge in [0.1, 0.15) is 0 Å². The molecule has 1 unspecified atom stereocenters. The minimum atomic E-state index is 0.402. The molecule has 0 amide bonds. The van der Waals surface area contributed by atoms with Crippen LogP contribution in [0.5, 0.6) is 0 Å². The Balaban J connectivity index is 2.33. The first-order chi connectivity index (χ1) is 8.49. The van der Waals surface area contributed by atoms with Crippen molar-refractivity contribution in [2.75, 3.05) is 13.1 Å². The lowest BCUT2D eigenvalue weighted by molar-refractivity contribution is 0.472. The van der Waals surface area contributed by atoms with Gasteiger partial charge in [0.15, 0.2) is 0 Å². The van der Waals surface area contributed by atoms with Crippen LogP contribution in [0, 0.1) is 5.92 Å². The molecule has 1 aromatic rings. The zero-order valence-electron chi connectivity index (χ0n) is 11.3. The summed E-state index contributed by atoms with van der Waals surface area (Å²) >= 11 is 12.1. The summed E-state index contributed by atoms with van der Waals surface area (Å²) in [6, 6.07) is 5.95. The molecule has 4 heteroatoms. The van der Waals surface area contributed by atoms with Crippen molar-refractivity contribution < 1.29 is 0 Å². The van der Waals surface area contributed by atoms with Crippen LogP contribution in [0.1, 0.15) is 26.3 Å². The van der Waals surface area contributed by atoms with Gasteiger partial charge in [0.05, 0.1) is 0 Å². The standard InChI is InChI=1S/C14H22Cl2N2/c1-10(2)7-17-8-11(3)18-9-12-6-13(15)4-5-14(12)16/h4-6,10-11,17-18H,7-9H2,1-3H3. The summed E-state index contributed by atoms with van der Waals surface area (Å²) in [6.45, 7) is 9.31. The van der Waals surface area contributed by atoms with Gasteiger partial charge in [-0.2, -0.15) is 0 Å². The zero-order valence-corrected chi connectivity index (χ0v) is 12.8. The first-order valence-electron chi connectivity index (χ1n) is 6.37. The molecule has 0 aliphatic heterocycles. The van der Waals surface area contributed by atoms with Gasteiger partial charge >= 0.3 is 0 Å². The predicted molar refractivity (Wildman–Crippen MR) is 80.5 cm³/mol. The second-order valence-corrected chi connectivity index (χ2v) is 5.91. The summed E-state index contributed by atoms with van der Waals surface area (Å²) in [4.78, 5) is 0. The Labute approximate surface area is 120 Å². The van der Waals surface area contributed by atoms with E-state index in [0.717, 1.165) is 35.2 Å². The number of rotatable bonds is 7. The molecule has 0 fully saturated rings. The number of hydrogen-bond donors (Lipinski definition) is 2. The Morgan fingerprint density at radius 3 is 2.50 bits per heavy atom. The number of hydrogen-bond acceptors (Lipinski definition) is 2. The van der Waals surface area contributed by atoms with Crippen LogP contribution in [0.3, 0.4) is 0 Å². The summed E-state index contributed by atoms with van der Waals surface area (Å²) < 4.78 is 0. The molecule has 18 heavy (non-hydrogen) atoms. The summed E-state index contributed by atoms with van der Waals surface area (Å²) in [7, 11) is 0. The minimum absolute atomic E-state index is 0.402. The summed E-state index contributed by atoms with van der Waals surface area (Å²) in [5.74, 6) is 0.680. The van der Waals surface area contributed by atoms with Gasteiger partial charge in [-0.1, -0.05) is 37.0 Å². The van der Waals surface area contributed by atoms with E-state index in [-0.39, 0.29) is 0 Å². The lowest BCUT2D eigenvalue weighted by Crippen LogP contribution is -2.37. The SMILES string of the molecule is CC(C)CNCC(C)NCc1cc(Cl)ccc1Cl. The fraction of sp³-hybridized carbons (Fsp3) is 0.571. The zero-order chi connectivity index (χ0) is 13.5. The maximum atomic E-state index is 6.11. The number of nitrogens with one attached hydrogen (secondary N) is 2. The normalized spacial score (nSPS) is 13.0. The molecule has 0 aromatic heterocycles. The summed E-state index contributed by atoms with van der Waals surface area (Å²) in [5, 5.41) is 8.34. The molecule has 1 aromatic carbocycles. The molecule has 1 atom stereocenters. The van der Waals surface area contributed by atoms with Crippen molar-refractivity contribution >= 4 is 23.2 Å². The second-order valence-electron chi connectivity index (χ2n) is 5.07. The van der Waals surface area contributed by atoms with Crippen molar-refractivity contribution in [3.8, 4) is 0 Å². The number of benzene rings is 1. The Kier molecular flexibility index (Phi) is 7.02. The molecular formula is C14H22Cl2N2. The smallest absolute Gasteiger partial charge is 0.0451 e. The van der Waals surface area contributed by atoms with Crippen LogP contribution in [-0.2, 0) is 6.54 Å². The van der Waals surface area contributed by atoms with Gasteiger partial charge in [0.25, 0.3) is 0 Å². The van der Waals surface area contributed by atoms with Gasteiger partial charge in [0.2, 0.25) is 0 Å². The van der Waals surface area contributed by atoms with Crippen molar-refractivity contribution in [1.29, 1.82) is 0 Å². The van der Waals surface area contributed by atoms with Gasteiger partial charge < -0.3 is 10.6 Å². The quantitative estimate of drug-likeness (QED) is 0.799. The molecule has 0 saturated heterocycles.